The Balaban J connectivity index is 2.26. The van der Waals surface area contributed by atoms with E-state index in [1.807, 2.05) is 0 Å². The molecule has 0 unspecified atom stereocenters. The summed E-state index contributed by atoms with van der Waals surface area (Å²) < 4.78 is 5.37. The van der Waals surface area contributed by atoms with Gasteiger partial charge in [0.2, 0.25) is 5.75 Å². The number of hydrogen-bond donors (Lipinski definition) is 1. The minimum absolute atomic E-state index is 0.107. The number of carbonyl (C=O) groups is 1. The van der Waals surface area contributed by atoms with Crippen LogP contribution < -0.4 is 4.74 Å². The number of nitrogens with zero attached hydrogens (tertiary/aromatic N) is 1. The Kier molecular flexibility index (Phi) is 3.42. The summed E-state index contributed by atoms with van der Waals surface area (Å²) in [6, 6.07) is 11.6. The molecule has 2 aromatic carbocycles. The van der Waals surface area contributed by atoms with E-state index in [0.717, 1.165) is 0 Å². The normalized spacial score (nSPS) is 9.89. The van der Waals surface area contributed by atoms with Gasteiger partial charge in [-0.3, -0.25) is 10.1 Å². The van der Waals surface area contributed by atoms with Crippen LogP contribution >= 0.6 is 0 Å². The largest absolute Gasteiger partial charge is 0.478 e. The van der Waals surface area contributed by atoms with Gasteiger partial charge in [-0.1, -0.05) is 12.1 Å². The standard InChI is InChI=1S/C13H9NO5/c15-13(16)9-5-7-10(8-6-9)19-12-4-2-1-3-11(12)14(17)18/h1-8H,(H,15,16). The van der Waals surface area contributed by atoms with Crippen molar-refractivity contribution in [3.05, 3.63) is 64.2 Å². The third kappa shape index (κ3) is 2.86. The molecule has 6 heteroatoms. The molecule has 96 valence electrons. The molecule has 0 saturated carbocycles. The topological polar surface area (TPSA) is 89.7 Å². The van der Waals surface area contributed by atoms with Gasteiger partial charge in [-0.05, 0) is 30.3 Å². The van der Waals surface area contributed by atoms with Crippen LogP contribution in [-0.2, 0) is 0 Å². The lowest BCUT2D eigenvalue weighted by Gasteiger charge is -2.06. The van der Waals surface area contributed by atoms with Crippen molar-refractivity contribution >= 4 is 11.7 Å². The fraction of sp³-hybridized carbons (Fsp3) is 0. The molecule has 19 heavy (non-hydrogen) atoms. The number of hydrogen-bond acceptors (Lipinski definition) is 4. The van der Waals surface area contributed by atoms with E-state index >= 15 is 0 Å². The van der Waals surface area contributed by atoms with Gasteiger partial charge in [-0.2, -0.15) is 0 Å². The molecule has 0 atom stereocenters. The van der Waals surface area contributed by atoms with Gasteiger partial charge in [0.25, 0.3) is 0 Å². The van der Waals surface area contributed by atoms with E-state index in [9.17, 15) is 14.9 Å². The first-order valence-electron chi connectivity index (χ1n) is 5.32. The smallest absolute Gasteiger partial charge is 0.335 e. The zero-order valence-electron chi connectivity index (χ0n) is 9.65. The first-order chi connectivity index (χ1) is 9.08. The summed E-state index contributed by atoms with van der Waals surface area (Å²) in [7, 11) is 0. The maximum Gasteiger partial charge on any atom is 0.335 e. The van der Waals surface area contributed by atoms with Crippen molar-refractivity contribution in [3.8, 4) is 11.5 Å². The Bertz CT molecular complexity index is 621. The Morgan fingerprint density at radius 1 is 1.11 bits per heavy atom. The molecule has 2 rings (SSSR count). The van der Waals surface area contributed by atoms with Crippen LogP contribution in [0.2, 0.25) is 0 Å². The molecule has 1 N–H and O–H groups in total. The van der Waals surface area contributed by atoms with Gasteiger partial charge in [-0.15, -0.1) is 0 Å². The van der Waals surface area contributed by atoms with E-state index in [0.29, 0.717) is 5.75 Å². The summed E-state index contributed by atoms with van der Waals surface area (Å²) in [5.74, 6) is -0.605. The molecule has 0 bridgehead atoms. The van der Waals surface area contributed by atoms with Gasteiger partial charge in [0.1, 0.15) is 5.75 Å². The van der Waals surface area contributed by atoms with Gasteiger partial charge >= 0.3 is 11.7 Å². The molecule has 0 amide bonds. The molecule has 0 radical (unpaired) electrons. The van der Waals surface area contributed by atoms with Gasteiger partial charge in [0.05, 0.1) is 10.5 Å². The fourth-order valence-electron chi connectivity index (χ4n) is 1.49. The zero-order chi connectivity index (χ0) is 13.8. The van der Waals surface area contributed by atoms with Crippen molar-refractivity contribution in [3.63, 3.8) is 0 Å². The van der Waals surface area contributed by atoms with Crippen LogP contribution in [0.3, 0.4) is 0 Å². The van der Waals surface area contributed by atoms with Gasteiger partial charge in [0.15, 0.2) is 0 Å². The molecule has 0 aromatic heterocycles. The quantitative estimate of drug-likeness (QED) is 0.673. The van der Waals surface area contributed by atoms with Crippen LogP contribution in [0.25, 0.3) is 0 Å². The van der Waals surface area contributed by atoms with Crippen molar-refractivity contribution in [2.45, 2.75) is 0 Å². The number of para-hydroxylation sites is 2. The average molecular weight is 259 g/mol. The van der Waals surface area contributed by atoms with Crippen molar-refractivity contribution in [2.75, 3.05) is 0 Å². The molecule has 2 aromatic rings. The second-order valence-electron chi connectivity index (χ2n) is 3.66. The molecule has 0 aliphatic heterocycles. The van der Waals surface area contributed by atoms with Crippen LogP contribution in [0.1, 0.15) is 10.4 Å². The van der Waals surface area contributed by atoms with Crippen molar-refractivity contribution in [1.82, 2.24) is 0 Å². The summed E-state index contributed by atoms with van der Waals surface area (Å²) >= 11 is 0. The second kappa shape index (κ2) is 5.18. The third-order valence-corrected chi connectivity index (χ3v) is 2.39. The Labute approximate surface area is 108 Å². The first kappa shape index (κ1) is 12.6. The van der Waals surface area contributed by atoms with Crippen molar-refractivity contribution < 1.29 is 19.6 Å². The average Bonchev–Trinajstić information content (AvgIpc) is 2.39. The summed E-state index contributed by atoms with van der Waals surface area (Å²) in [5.41, 5.74) is -0.0280. The molecule has 0 fully saturated rings. The molecular weight excluding hydrogens is 250 g/mol. The number of rotatable bonds is 4. The number of aromatic carboxylic acids is 1. The van der Waals surface area contributed by atoms with E-state index in [1.54, 1.807) is 12.1 Å². The summed E-state index contributed by atoms with van der Waals surface area (Å²) in [6.45, 7) is 0. The predicted molar refractivity (Wildman–Crippen MR) is 66.6 cm³/mol. The second-order valence-corrected chi connectivity index (χ2v) is 3.66. The first-order valence-corrected chi connectivity index (χ1v) is 5.32. The highest BCUT2D eigenvalue weighted by molar-refractivity contribution is 5.87. The van der Waals surface area contributed by atoms with Crippen LogP contribution in [-0.4, -0.2) is 16.0 Å². The highest BCUT2D eigenvalue weighted by Crippen LogP contribution is 2.30. The van der Waals surface area contributed by atoms with Gasteiger partial charge in [-0.25, -0.2) is 4.79 Å². The van der Waals surface area contributed by atoms with E-state index in [-0.39, 0.29) is 17.0 Å². The van der Waals surface area contributed by atoms with Crippen LogP contribution in [0.15, 0.2) is 48.5 Å². The third-order valence-electron chi connectivity index (χ3n) is 2.39. The summed E-state index contributed by atoms with van der Waals surface area (Å²) in [5, 5.41) is 19.6. The molecular formula is C13H9NO5. The molecule has 0 aliphatic carbocycles. The zero-order valence-corrected chi connectivity index (χ0v) is 9.65. The summed E-state index contributed by atoms with van der Waals surface area (Å²) in [4.78, 5) is 20.9. The van der Waals surface area contributed by atoms with E-state index in [4.69, 9.17) is 9.84 Å². The van der Waals surface area contributed by atoms with Crippen molar-refractivity contribution in [2.24, 2.45) is 0 Å². The lowest BCUT2D eigenvalue weighted by atomic mass is 10.2. The molecule has 0 spiro atoms. The van der Waals surface area contributed by atoms with Crippen LogP contribution in [0.4, 0.5) is 5.69 Å². The molecule has 6 nitrogen and oxygen atoms in total. The Morgan fingerprint density at radius 2 is 1.74 bits per heavy atom. The monoisotopic (exact) mass is 259 g/mol. The number of benzene rings is 2. The summed E-state index contributed by atoms with van der Waals surface area (Å²) in [6.07, 6.45) is 0. The van der Waals surface area contributed by atoms with E-state index in [2.05, 4.69) is 0 Å². The fourth-order valence-corrected chi connectivity index (χ4v) is 1.49. The van der Waals surface area contributed by atoms with Crippen LogP contribution in [0, 0.1) is 10.1 Å². The number of nitro benzene ring substituents is 1. The number of carboxylic acids is 1. The molecule has 0 aliphatic rings. The minimum Gasteiger partial charge on any atom is -0.478 e. The highest BCUT2D eigenvalue weighted by atomic mass is 16.6. The van der Waals surface area contributed by atoms with Gasteiger partial charge < -0.3 is 9.84 Å². The maximum atomic E-state index is 10.8. The molecule has 0 saturated heterocycles. The van der Waals surface area contributed by atoms with Crippen molar-refractivity contribution in [1.29, 1.82) is 0 Å². The Morgan fingerprint density at radius 3 is 2.32 bits per heavy atom. The lowest BCUT2D eigenvalue weighted by molar-refractivity contribution is -0.385. The van der Waals surface area contributed by atoms with Gasteiger partial charge in [0, 0.05) is 6.07 Å². The van der Waals surface area contributed by atoms with Crippen LogP contribution in [0.5, 0.6) is 11.5 Å². The Hall–Kier alpha value is -2.89. The predicted octanol–water partition coefficient (Wildman–Crippen LogP) is 3.09. The number of ether oxygens (including phenoxy) is 1. The van der Waals surface area contributed by atoms with E-state index < -0.39 is 10.9 Å². The molecule has 0 heterocycles. The van der Waals surface area contributed by atoms with E-state index in [1.165, 1.54) is 36.4 Å². The minimum atomic E-state index is -1.04. The SMILES string of the molecule is O=C(O)c1ccc(Oc2ccccc2[N+](=O)[O-])cc1. The highest BCUT2D eigenvalue weighted by Gasteiger charge is 2.14. The number of nitro groups is 1. The number of carboxylic acid groups (broad SMARTS) is 1. The lowest BCUT2D eigenvalue weighted by Crippen LogP contribution is -1.96. The maximum absolute atomic E-state index is 10.8.